The predicted molar refractivity (Wildman–Crippen MR) is 240 cm³/mol. The molecule has 5 aliphatic rings. The van der Waals surface area contributed by atoms with E-state index in [4.69, 9.17) is 0 Å². The van der Waals surface area contributed by atoms with Crippen LogP contribution in [-0.4, -0.2) is 11.1 Å². The van der Waals surface area contributed by atoms with Crippen molar-refractivity contribution >= 4 is 22.7 Å². The average Bonchev–Trinajstić information content (AvgIpc) is 3.78. The van der Waals surface area contributed by atoms with Gasteiger partial charge < -0.3 is 9.80 Å². The van der Waals surface area contributed by atoms with E-state index < -0.39 is 0 Å². The average molecular weight is 745 g/mol. The molecule has 3 aliphatic carbocycles. The van der Waals surface area contributed by atoms with Crippen LogP contribution in [0, 0.1) is 11.8 Å². The molecule has 2 nitrogen and oxygen atoms in total. The Balaban J connectivity index is 0.981. The molecule has 286 valence electrons. The van der Waals surface area contributed by atoms with Gasteiger partial charge in [-0.25, -0.2) is 0 Å². The molecule has 0 spiro atoms. The molecule has 0 bridgehead atoms. The second-order valence-electron chi connectivity index (χ2n) is 19.3. The van der Waals surface area contributed by atoms with Crippen molar-refractivity contribution < 1.29 is 0 Å². The number of hydrogen-bond donors (Lipinski definition) is 0. The number of hydrogen-bond acceptors (Lipinski definition) is 2. The van der Waals surface area contributed by atoms with Crippen LogP contribution in [-0.2, 0) is 17.3 Å². The van der Waals surface area contributed by atoms with E-state index in [9.17, 15) is 0 Å². The van der Waals surface area contributed by atoms with Crippen LogP contribution in [0.15, 0.2) is 133 Å². The van der Waals surface area contributed by atoms with E-state index in [1.54, 1.807) is 0 Å². The molecule has 0 radical (unpaired) electrons. The number of nitrogens with zero attached hydrogens (tertiary/aromatic N) is 2. The first-order valence-electron chi connectivity index (χ1n) is 21.8. The second kappa shape index (κ2) is 12.2. The van der Waals surface area contributed by atoms with Gasteiger partial charge in [0.1, 0.15) is 0 Å². The van der Waals surface area contributed by atoms with E-state index in [1.807, 2.05) is 0 Å². The third-order valence-electron chi connectivity index (χ3n) is 17.0. The monoisotopic (exact) mass is 744 g/mol. The van der Waals surface area contributed by atoms with Crippen LogP contribution in [0.3, 0.4) is 0 Å². The normalized spacial score (nSPS) is 29.3. The van der Waals surface area contributed by atoms with E-state index in [-0.39, 0.29) is 21.9 Å². The van der Waals surface area contributed by atoms with Gasteiger partial charge in [0.15, 0.2) is 0 Å². The Kier molecular flexibility index (Phi) is 7.52. The highest BCUT2D eigenvalue weighted by molar-refractivity contribution is 5.87. The fraction of sp³-hybridized carbons (Fsp3) is 0.345. The maximum absolute atomic E-state index is 2.70. The molecule has 6 atom stereocenters. The fourth-order valence-electron chi connectivity index (χ4n) is 13.1. The molecule has 0 saturated heterocycles. The van der Waals surface area contributed by atoms with Crippen LogP contribution >= 0.6 is 0 Å². The molecule has 2 saturated carbocycles. The maximum atomic E-state index is 2.70. The van der Waals surface area contributed by atoms with E-state index in [0.717, 1.165) is 6.42 Å². The highest BCUT2D eigenvalue weighted by Crippen LogP contribution is 2.64. The highest BCUT2D eigenvalue weighted by atomic mass is 15.3. The standard InChI is InChI=1S/C55H56N2/c1-36-15-13-29-52(3)48-34-40(25-27-50(48)56(54(36,52)5)44-17-9-7-10-18-44)38-21-23-42-31-43-24-22-39(33-47(43)46(42)32-38)41-26-28-51-49(35-41)53(4)30-14-16-37(2)55(53,6)57(51)45-19-11-8-12-20-45/h7-12,17-28,32-37H,13-16,29-31H2,1-6H3. The first-order chi connectivity index (χ1) is 27.6. The molecule has 6 aromatic carbocycles. The third kappa shape index (κ3) is 4.59. The Bertz CT molecular complexity index is 2390. The second-order valence-corrected chi connectivity index (χ2v) is 19.3. The minimum atomic E-state index is 0.0174. The van der Waals surface area contributed by atoms with Crippen LogP contribution in [0.5, 0.6) is 0 Å². The van der Waals surface area contributed by atoms with Crippen LogP contribution in [0.1, 0.15) is 102 Å². The lowest BCUT2D eigenvalue weighted by Crippen LogP contribution is -2.59. The van der Waals surface area contributed by atoms with Crippen molar-refractivity contribution in [3.63, 3.8) is 0 Å². The predicted octanol–water partition coefficient (Wildman–Crippen LogP) is 14.6. The quantitative estimate of drug-likeness (QED) is 0.177. The zero-order chi connectivity index (χ0) is 38.9. The molecule has 2 aliphatic heterocycles. The van der Waals surface area contributed by atoms with Crippen molar-refractivity contribution in [2.24, 2.45) is 11.8 Å². The third-order valence-corrected chi connectivity index (χ3v) is 17.0. The van der Waals surface area contributed by atoms with Crippen molar-refractivity contribution in [2.75, 3.05) is 9.80 Å². The Morgan fingerprint density at radius 3 is 1.26 bits per heavy atom. The van der Waals surface area contributed by atoms with Gasteiger partial charge in [0.2, 0.25) is 0 Å². The van der Waals surface area contributed by atoms with Crippen LogP contribution in [0.25, 0.3) is 33.4 Å². The van der Waals surface area contributed by atoms with E-state index >= 15 is 0 Å². The largest absolute Gasteiger partial charge is 0.334 e. The number of fused-ring (bicyclic) bond motifs is 9. The number of para-hydroxylation sites is 2. The first kappa shape index (κ1) is 35.1. The van der Waals surface area contributed by atoms with Crippen molar-refractivity contribution in [3.8, 4) is 33.4 Å². The summed E-state index contributed by atoms with van der Waals surface area (Å²) in [6, 6.07) is 51.6. The molecular weight excluding hydrogens is 689 g/mol. The lowest BCUT2D eigenvalue weighted by Gasteiger charge is -2.54. The van der Waals surface area contributed by atoms with Gasteiger partial charge in [0, 0.05) is 33.6 Å². The van der Waals surface area contributed by atoms with Gasteiger partial charge in [-0.1, -0.05) is 113 Å². The Morgan fingerprint density at radius 1 is 0.456 bits per heavy atom. The minimum Gasteiger partial charge on any atom is -0.334 e. The van der Waals surface area contributed by atoms with Gasteiger partial charge in [-0.15, -0.1) is 0 Å². The first-order valence-corrected chi connectivity index (χ1v) is 21.8. The van der Waals surface area contributed by atoms with Crippen LogP contribution in [0.2, 0.25) is 0 Å². The van der Waals surface area contributed by atoms with Gasteiger partial charge in [0.25, 0.3) is 0 Å². The Morgan fingerprint density at radius 2 is 0.842 bits per heavy atom. The summed E-state index contributed by atoms with van der Waals surface area (Å²) in [6.07, 6.45) is 8.56. The zero-order valence-electron chi connectivity index (χ0n) is 34.7. The molecule has 57 heavy (non-hydrogen) atoms. The lowest BCUT2D eigenvalue weighted by molar-refractivity contribution is 0.130. The van der Waals surface area contributed by atoms with E-state index in [1.165, 1.54) is 117 Å². The molecule has 0 N–H and O–H groups in total. The Labute approximate surface area is 340 Å². The van der Waals surface area contributed by atoms with Crippen LogP contribution in [0.4, 0.5) is 22.7 Å². The number of anilines is 4. The van der Waals surface area contributed by atoms with Gasteiger partial charge in [-0.2, -0.15) is 0 Å². The summed E-state index contributed by atoms with van der Waals surface area (Å²) >= 11 is 0. The van der Waals surface area contributed by atoms with Crippen molar-refractivity contribution in [1.29, 1.82) is 0 Å². The van der Waals surface area contributed by atoms with Gasteiger partial charge in [-0.3, -0.25) is 0 Å². The topological polar surface area (TPSA) is 6.48 Å². The zero-order valence-corrected chi connectivity index (χ0v) is 34.7. The van der Waals surface area contributed by atoms with E-state index in [0.29, 0.717) is 11.8 Å². The molecule has 11 rings (SSSR count). The summed E-state index contributed by atoms with van der Waals surface area (Å²) < 4.78 is 0. The SMILES string of the molecule is CC1CCCC2(C)c3cc(-c4ccc5c(c4)-c4cc(-c6ccc7c(c6)C6(C)CCCC(C)C6(C)N7c6ccccc6)ccc4C5)ccc3N(c3ccccc3)C12C. The molecule has 0 amide bonds. The van der Waals surface area contributed by atoms with E-state index in [2.05, 4.69) is 185 Å². The number of benzene rings is 6. The fourth-order valence-corrected chi connectivity index (χ4v) is 13.1. The summed E-state index contributed by atoms with van der Waals surface area (Å²) in [5, 5.41) is 0. The van der Waals surface area contributed by atoms with Crippen molar-refractivity contribution in [1.82, 2.24) is 0 Å². The molecule has 6 unspecified atom stereocenters. The van der Waals surface area contributed by atoms with Crippen LogP contribution < -0.4 is 9.80 Å². The summed E-state index contributed by atoms with van der Waals surface area (Å²) in [5.41, 5.74) is 19.6. The van der Waals surface area contributed by atoms with Crippen molar-refractivity contribution in [3.05, 3.63) is 156 Å². The molecule has 2 heteroatoms. The Hall–Kier alpha value is -5.08. The maximum Gasteiger partial charge on any atom is 0.0543 e. The minimum absolute atomic E-state index is 0.0174. The summed E-state index contributed by atoms with van der Waals surface area (Å²) in [4.78, 5) is 5.40. The summed E-state index contributed by atoms with van der Waals surface area (Å²) in [5.74, 6) is 1.18. The summed E-state index contributed by atoms with van der Waals surface area (Å²) in [7, 11) is 0. The molecule has 2 fully saturated rings. The van der Waals surface area contributed by atoms with Gasteiger partial charge >= 0.3 is 0 Å². The molecule has 2 heterocycles. The van der Waals surface area contributed by atoms with Gasteiger partial charge in [0.05, 0.1) is 11.1 Å². The molecule has 6 aromatic rings. The van der Waals surface area contributed by atoms with Gasteiger partial charge in [-0.05, 0) is 174 Å². The number of rotatable bonds is 4. The highest BCUT2D eigenvalue weighted by Gasteiger charge is 2.62. The molecule has 0 aromatic heterocycles. The van der Waals surface area contributed by atoms with Crippen molar-refractivity contribution in [2.45, 2.75) is 108 Å². The lowest BCUT2D eigenvalue weighted by atomic mass is 9.57. The summed E-state index contributed by atoms with van der Waals surface area (Å²) in [6.45, 7) is 15.2. The smallest absolute Gasteiger partial charge is 0.0543 e. The molecular formula is C55H56N2.